The molecule has 1 unspecified atom stereocenters. The predicted molar refractivity (Wildman–Crippen MR) is 151 cm³/mol. The summed E-state index contributed by atoms with van der Waals surface area (Å²) in [6.07, 6.45) is 3.55. The smallest absolute Gasteiger partial charge is 0.272 e. The van der Waals surface area contributed by atoms with Gasteiger partial charge in [0.2, 0.25) is 0 Å². The zero-order valence-corrected chi connectivity index (χ0v) is 22.7. The Hall–Kier alpha value is -4.20. The Kier molecular flexibility index (Phi) is 11.5. The Morgan fingerprint density at radius 1 is 1.03 bits per heavy atom. The number of carbonyl (C=O) groups excluding carboxylic acids is 3. The molecule has 0 fully saturated rings. The van der Waals surface area contributed by atoms with Crippen LogP contribution in [0.3, 0.4) is 0 Å². The first-order chi connectivity index (χ1) is 18.9. The summed E-state index contributed by atoms with van der Waals surface area (Å²) in [6.45, 7) is 2.45. The number of nitrogens with one attached hydrogen (secondary N) is 3. The topological polar surface area (TPSA) is 122 Å². The monoisotopic (exact) mass is 548 g/mol. The van der Waals surface area contributed by atoms with E-state index in [9.17, 15) is 19.6 Å². The molecule has 39 heavy (non-hydrogen) atoms. The number of ether oxygens (including phenoxy) is 1. The number of nitrogens with zero attached hydrogens (tertiary/aromatic N) is 1. The van der Waals surface area contributed by atoms with Gasteiger partial charge < -0.3 is 19.9 Å². The van der Waals surface area contributed by atoms with Gasteiger partial charge in [0.25, 0.3) is 17.7 Å². The van der Waals surface area contributed by atoms with Crippen LogP contribution in [0.15, 0.2) is 71.8 Å². The second kappa shape index (κ2) is 15.3. The zero-order chi connectivity index (χ0) is 28.0. The van der Waals surface area contributed by atoms with Crippen molar-refractivity contribution in [3.8, 4) is 17.6 Å². The molecular formula is C29H32N4O5S. The van der Waals surface area contributed by atoms with Gasteiger partial charge in [0, 0.05) is 24.7 Å². The minimum atomic E-state index is -0.503. The third-order valence-corrected chi connectivity index (χ3v) is 7.05. The number of unbranched alkanes of at least 4 members (excludes halogenated alkanes) is 1. The van der Waals surface area contributed by atoms with E-state index in [0.29, 0.717) is 55.1 Å². The summed E-state index contributed by atoms with van der Waals surface area (Å²) in [6, 6.07) is 17.6. The van der Waals surface area contributed by atoms with E-state index >= 15 is 0 Å². The molecule has 0 aliphatic heterocycles. The molecular weight excluding hydrogens is 516 g/mol. The van der Waals surface area contributed by atoms with Crippen LogP contribution in [0.4, 0.5) is 5.69 Å². The van der Waals surface area contributed by atoms with Crippen molar-refractivity contribution in [2.75, 3.05) is 18.5 Å². The zero-order valence-electron chi connectivity index (χ0n) is 21.9. The molecule has 0 spiro atoms. The number of thioether (sulfide) groups is 1. The number of amides is 3. The maximum atomic E-state index is 12.8. The normalized spacial score (nSPS) is 11.1. The van der Waals surface area contributed by atoms with Gasteiger partial charge in [-0.3, -0.25) is 19.6 Å². The Morgan fingerprint density at radius 3 is 2.49 bits per heavy atom. The lowest BCUT2D eigenvalue weighted by Gasteiger charge is -2.15. The molecule has 0 saturated carbocycles. The standard InChI is InChI=1S/C29H32N4O5S/c1-3-4-20-38-21-14-16-22(17-15-21)39-26(29(36)32-37)13-7-8-18-30-27(34)23-10-5-6-11-24(23)31-28(35)25-12-9-19-33(25)2/h5-6,9-12,14-17,19,26,37H,7-8,13,18,20H2,1-2H3,(H,30,34)(H,31,35)(H,32,36). The van der Waals surface area contributed by atoms with E-state index in [1.165, 1.54) is 11.8 Å². The van der Waals surface area contributed by atoms with Crippen LogP contribution in [-0.2, 0) is 11.8 Å². The number of aryl methyl sites for hydroxylation is 1. The van der Waals surface area contributed by atoms with Crippen molar-refractivity contribution in [1.29, 1.82) is 0 Å². The lowest BCUT2D eigenvalue weighted by Crippen LogP contribution is -2.30. The van der Waals surface area contributed by atoms with Gasteiger partial charge in [0.1, 0.15) is 18.1 Å². The van der Waals surface area contributed by atoms with Crippen molar-refractivity contribution >= 4 is 35.2 Å². The van der Waals surface area contributed by atoms with Gasteiger partial charge >= 0.3 is 0 Å². The Bertz CT molecular complexity index is 1330. The molecule has 1 heterocycles. The Morgan fingerprint density at radius 2 is 1.79 bits per heavy atom. The van der Waals surface area contributed by atoms with Crippen LogP contribution in [0, 0.1) is 11.8 Å². The number of para-hydroxylation sites is 1. The molecule has 2 aromatic carbocycles. The molecule has 9 nitrogen and oxygen atoms in total. The molecule has 3 amide bonds. The molecule has 1 atom stereocenters. The summed E-state index contributed by atoms with van der Waals surface area (Å²) < 4.78 is 7.21. The van der Waals surface area contributed by atoms with Crippen LogP contribution in [0.1, 0.15) is 47.0 Å². The first kappa shape index (κ1) is 29.4. The lowest BCUT2D eigenvalue weighted by atomic mass is 10.1. The van der Waals surface area contributed by atoms with Gasteiger partial charge in [-0.15, -0.1) is 17.7 Å². The number of hydroxylamine groups is 1. The average Bonchev–Trinajstić information content (AvgIpc) is 3.38. The van der Waals surface area contributed by atoms with Crippen molar-refractivity contribution < 1.29 is 24.3 Å². The van der Waals surface area contributed by atoms with Gasteiger partial charge in [-0.25, -0.2) is 5.48 Å². The Labute approximate surface area is 232 Å². The maximum absolute atomic E-state index is 12.8. The summed E-state index contributed by atoms with van der Waals surface area (Å²) in [5.41, 5.74) is 3.01. The van der Waals surface area contributed by atoms with E-state index in [1.54, 1.807) is 66.6 Å². The minimum Gasteiger partial charge on any atom is -0.481 e. The van der Waals surface area contributed by atoms with Gasteiger partial charge in [0.15, 0.2) is 0 Å². The summed E-state index contributed by atoms with van der Waals surface area (Å²) >= 11 is 1.34. The van der Waals surface area contributed by atoms with Crippen molar-refractivity contribution in [1.82, 2.24) is 15.4 Å². The number of rotatable bonds is 13. The van der Waals surface area contributed by atoms with Crippen LogP contribution in [0.2, 0.25) is 0 Å². The van der Waals surface area contributed by atoms with Crippen LogP contribution >= 0.6 is 11.8 Å². The van der Waals surface area contributed by atoms with E-state index in [2.05, 4.69) is 22.5 Å². The van der Waals surface area contributed by atoms with E-state index < -0.39 is 11.2 Å². The van der Waals surface area contributed by atoms with E-state index in [-0.39, 0.29) is 11.8 Å². The molecule has 3 rings (SSSR count). The highest BCUT2D eigenvalue weighted by molar-refractivity contribution is 8.00. The van der Waals surface area contributed by atoms with Gasteiger partial charge in [-0.2, -0.15) is 0 Å². The molecule has 0 aliphatic carbocycles. The number of hydrogen-bond acceptors (Lipinski definition) is 6. The van der Waals surface area contributed by atoms with Crippen LogP contribution < -0.4 is 20.9 Å². The number of hydrogen-bond donors (Lipinski definition) is 4. The lowest BCUT2D eigenvalue weighted by molar-refractivity contribution is -0.128. The molecule has 1 aromatic heterocycles. The summed E-state index contributed by atoms with van der Waals surface area (Å²) in [5, 5.41) is 14.4. The number of carbonyl (C=O) groups is 3. The third kappa shape index (κ3) is 8.95. The second-order valence-electron chi connectivity index (χ2n) is 8.53. The van der Waals surface area contributed by atoms with E-state index in [0.717, 1.165) is 4.90 Å². The fourth-order valence-corrected chi connectivity index (χ4v) is 4.78. The first-order valence-electron chi connectivity index (χ1n) is 12.5. The third-order valence-electron chi connectivity index (χ3n) is 5.77. The molecule has 10 heteroatoms. The highest BCUT2D eigenvalue weighted by atomic mass is 32.2. The maximum Gasteiger partial charge on any atom is 0.272 e. The SMILES string of the molecule is CC#CCOc1ccc(SC(CCCCNC(=O)c2ccccc2NC(=O)c2cccn2C)C(=O)NO)cc1. The van der Waals surface area contributed by atoms with E-state index in [1.807, 2.05) is 24.3 Å². The number of aromatic nitrogens is 1. The van der Waals surface area contributed by atoms with E-state index in [4.69, 9.17) is 4.74 Å². The average molecular weight is 549 g/mol. The molecule has 0 bridgehead atoms. The summed E-state index contributed by atoms with van der Waals surface area (Å²) in [7, 11) is 1.77. The molecule has 0 saturated heterocycles. The van der Waals surface area contributed by atoms with Crippen LogP contribution in [-0.4, -0.2) is 45.9 Å². The Balaban J connectivity index is 1.48. The highest BCUT2D eigenvalue weighted by Crippen LogP contribution is 2.28. The number of anilines is 1. The molecule has 0 aliphatic rings. The molecule has 0 radical (unpaired) electrons. The molecule has 204 valence electrons. The highest BCUT2D eigenvalue weighted by Gasteiger charge is 2.20. The summed E-state index contributed by atoms with van der Waals surface area (Å²) in [5.74, 6) is 5.19. The van der Waals surface area contributed by atoms with Gasteiger partial charge in [0.05, 0.1) is 16.5 Å². The van der Waals surface area contributed by atoms with Crippen LogP contribution in [0.25, 0.3) is 0 Å². The fourth-order valence-electron chi connectivity index (χ4n) is 3.71. The van der Waals surface area contributed by atoms with Gasteiger partial charge in [-0.1, -0.05) is 24.5 Å². The number of benzene rings is 2. The van der Waals surface area contributed by atoms with Crippen molar-refractivity contribution in [3.05, 3.63) is 78.1 Å². The van der Waals surface area contributed by atoms with Gasteiger partial charge in [-0.05, 0) is 68.3 Å². The fraction of sp³-hybridized carbons (Fsp3) is 0.276. The largest absolute Gasteiger partial charge is 0.481 e. The van der Waals surface area contributed by atoms with Crippen molar-refractivity contribution in [3.63, 3.8) is 0 Å². The van der Waals surface area contributed by atoms with Crippen molar-refractivity contribution in [2.24, 2.45) is 7.05 Å². The molecule has 3 aromatic rings. The quantitative estimate of drug-likeness (QED) is 0.0833. The minimum absolute atomic E-state index is 0.302. The molecule has 4 N–H and O–H groups in total. The van der Waals surface area contributed by atoms with Crippen LogP contribution in [0.5, 0.6) is 5.75 Å². The second-order valence-corrected chi connectivity index (χ2v) is 9.80. The van der Waals surface area contributed by atoms with Crippen molar-refractivity contribution in [2.45, 2.75) is 36.3 Å². The first-order valence-corrected chi connectivity index (χ1v) is 13.3. The summed E-state index contributed by atoms with van der Waals surface area (Å²) in [4.78, 5) is 38.5. The predicted octanol–water partition coefficient (Wildman–Crippen LogP) is 4.25.